The number of hydrogen-bond acceptors (Lipinski definition) is 5. The minimum Gasteiger partial charge on any atom is -0.493 e. The number of rotatable bonds is 9. The van der Waals surface area contributed by atoms with Gasteiger partial charge in [-0.1, -0.05) is 13.8 Å². The molecular weight excluding hydrogens is 329 g/mol. The number of halogens is 3. The first kappa shape index (κ1) is 20.0. The van der Waals surface area contributed by atoms with E-state index in [1.54, 1.807) is 0 Å². The zero-order chi connectivity index (χ0) is 18.3. The predicted molar refractivity (Wildman–Crippen MR) is 82.4 cm³/mol. The molecule has 0 aliphatic rings. The van der Waals surface area contributed by atoms with Crippen molar-refractivity contribution in [3.8, 4) is 11.5 Å². The number of nitrogens with one attached hydrogen (secondary N) is 1. The Morgan fingerprint density at radius 3 is 2.46 bits per heavy atom. The molecule has 1 N–H and O–H groups in total. The number of hydrogen-bond donors (Lipinski definition) is 1. The zero-order valence-electron chi connectivity index (χ0n) is 13.8. The predicted octanol–water partition coefficient (Wildman–Crippen LogP) is 3.68. The molecule has 0 fully saturated rings. The van der Waals surface area contributed by atoms with E-state index in [1.165, 1.54) is 13.2 Å². The second kappa shape index (κ2) is 8.72. The number of methoxy groups -OCH3 is 1. The van der Waals surface area contributed by atoms with E-state index in [9.17, 15) is 23.3 Å². The van der Waals surface area contributed by atoms with Crippen molar-refractivity contribution in [3.63, 3.8) is 0 Å². The Morgan fingerprint density at radius 1 is 1.29 bits per heavy atom. The van der Waals surface area contributed by atoms with Crippen molar-refractivity contribution >= 4 is 5.69 Å². The monoisotopic (exact) mass is 350 g/mol. The summed E-state index contributed by atoms with van der Waals surface area (Å²) in [6.07, 6.45) is -3.64. The van der Waals surface area contributed by atoms with Gasteiger partial charge in [0.25, 0.3) is 5.69 Å². The van der Waals surface area contributed by atoms with Gasteiger partial charge in [-0.05, 0) is 24.9 Å². The van der Waals surface area contributed by atoms with Crippen molar-refractivity contribution in [1.82, 2.24) is 5.32 Å². The Kier molecular flexibility index (Phi) is 7.27. The molecular formula is C15H21F3N2O4. The molecule has 24 heavy (non-hydrogen) atoms. The highest BCUT2D eigenvalue weighted by Gasteiger charge is 2.30. The SMILES string of the molecule is COc1cc(CNCCC(C)C)c([N+](=O)[O-])cc1OCC(F)(F)F. The third-order valence-corrected chi connectivity index (χ3v) is 3.17. The molecule has 0 saturated carbocycles. The lowest BCUT2D eigenvalue weighted by Crippen LogP contribution is -2.20. The van der Waals surface area contributed by atoms with Gasteiger partial charge in [0, 0.05) is 12.1 Å². The standard InChI is InChI=1S/C15H21F3N2O4/c1-10(2)4-5-19-8-11-6-13(23-3)14(7-12(11)20(21)22)24-9-15(16,17)18/h6-7,10,19H,4-5,8-9H2,1-3H3. The largest absolute Gasteiger partial charge is 0.493 e. The van der Waals surface area contributed by atoms with Crippen molar-refractivity contribution in [2.75, 3.05) is 20.3 Å². The van der Waals surface area contributed by atoms with Crippen LogP contribution < -0.4 is 14.8 Å². The number of alkyl halides is 3. The molecule has 0 spiro atoms. The van der Waals surface area contributed by atoms with Gasteiger partial charge in [0.1, 0.15) is 0 Å². The smallest absolute Gasteiger partial charge is 0.422 e. The Bertz CT molecular complexity index is 562. The fourth-order valence-corrected chi connectivity index (χ4v) is 1.95. The van der Waals surface area contributed by atoms with E-state index >= 15 is 0 Å². The third-order valence-electron chi connectivity index (χ3n) is 3.17. The lowest BCUT2D eigenvalue weighted by Gasteiger charge is -2.14. The number of ether oxygens (including phenoxy) is 2. The van der Waals surface area contributed by atoms with Crippen molar-refractivity contribution in [2.24, 2.45) is 5.92 Å². The maximum absolute atomic E-state index is 12.3. The highest BCUT2D eigenvalue weighted by atomic mass is 19.4. The summed E-state index contributed by atoms with van der Waals surface area (Å²) in [4.78, 5) is 10.5. The third kappa shape index (κ3) is 6.61. The molecule has 6 nitrogen and oxygen atoms in total. The van der Waals surface area contributed by atoms with E-state index in [2.05, 4.69) is 23.9 Å². The second-order valence-electron chi connectivity index (χ2n) is 5.65. The van der Waals surface area contributed by atoms with Crippen molar-refractivity contribution in [1.29, 1.82) is 0 Å². The fraction of sp³-hybridized carbons (Fsp3) is 0.600. The molecule has 0 aliphatic carbocycles. The van der Waals surface area contributed by atoms with Crippen LogP contribution in [-0.2, 0) is 6.54 Å². The van der Waals surface area contributed by atoms with Crippen LogP contribution in [0.4, 0.5) is 18.9 Å². The van der Waals surface area contributed by atoms with E-state index in [0.717, 1.165) is 12.5 Å². The summed E-state index contributed by atoms with van der Waals surface area (Å²) in [5.41, 5.74) is 0.00462. The molecule has 136 valence electrons. The van der Waals surface area contributed by atoms with Crippen molar-refractivity contribution in [2.45, 2.75) is 33.0 Å². The van der Waals surface area contributed by atoms with Crippen molar-refractivity contribution < 1.29 is 27.6 Å². The van der Waals surface area contributed by atoms with Gasteiger partial charge in [-0.2, -0.15) is 13.2 Å². The van der Waals surface area contributed by atoms with Gasteiger partial charge in [-0.3, -0.25) is 10.1 Å². The normalized spacial score (nSPS) is 11.6. The Balaban J connectivity index is 2.96. The van der Waals surface area contributed by atoms with Crippen LogP contribution in [0.3, 0.4) is 0 Å². The molecule has 1 aromatic carbocycles. The molecule has 0 amide bonds. The van der Waals surface area contributed by atoms with Crippen LogP contribution in [0.5, 0.6) is 11.5 Å². The second-order valence-corrected chi connectivity index (χ2v) is 5.65. The molecule has 0 unspecified atom stereocenters. The lowest BCUT2D eigenvalue weighted by molar-refractivity contribution is -0.385. The summed E-state index contributed by atoms with van der Waals surface area (Å²) >= 11 is 0. The molecule has 0 aromatic heterocycles. The molecule has 0 radical (unpaired) electrons. The van der Waals surface area contributed by atoms with Gasteiger partial charge >= 0.3 is 6.18 Å². The molecule has 1 rings (SSSR count). The minimum atomic E-state index is -4.54. The first-order valence-corrected chi connectivity index (χ1v) is 7.39. The highest BCUT2D eigenvalue weighted by molar-refractivity contribution is 5.54. The lowest BCUT2D eigenvalue weighted by atomic mass is 10.1. The van der Waals surface area contributed by atoms with Crippen LogP contribution in [-0.4, -0.2) is 31.4 Å². The molecule has 0 atom stereocenters. The molecule has 9 heteroatoms. The maximum atomic E-state index is 12.3. The van der Waals surface area contributed by atoms with E-state index in [0.29, 0.717) is 18.0 Å². The molecule has 0 saturated heterocycles. The van der Waals surface area contributed by atoms with Gasteiger partial charge in [0.15, 0.2) is 18.1 Å². The van der Waals surface area contributed by atoms with E-state index in [-0.39, 0.29) is 23.7 Å². The van der Waals surface area contributed by atoms with Crippen LogP contribution in [0.2, 0.25) is 0 Å². The topological polar surface area (TPSA) is 73.6 Å². The quantitative estimate of drug-likeness (QED) is 0.418. The summed E-state index contributed by atoms with van der Waals surface area (Å²) in [6, 6.07) is 2.29. The molecule has 0 heterocycles. The first-order chi connectivity index (χ1) is 11.1. The number of nitrogens with zero attached hydrogens (tertiary/aromatic N) is 1. The van der Waals surface area contributed by atoms with E-state index in [4.69, 9.17) is 4.74 Å². The Labute approximate surface area is 138 Å². The van der Waals surface area contributed by atoms with Crippen LogP contribution >= 0.6 is 0 Å². The van der Waals surface area contributed by atoms with Crippen LogP contribution in [0.25, 0.3) is 0 Å². The van der Waals surface area contributed by atoms with Crippen LogP contribution in [0.15, 0.2) is 12.1 Å². The molecule has 1 aromatic rings. The van der Waals surface area contributed by atoms with Gasteiger partial charge in [0.05, 0.1) is 18.1 Å². The summed E-state index contributed by atoms with van der Waals surface area (Å²) in [7, 11) is 1.26. The van der Waals surface area contributed by atoms with Crippen LogP contribution in [0.1, 0.15) is 25.8 Å². The van der Waals surface area contributed by atoms with Gasteiger partial charge in [0.2, 0.25) is 0 Å². The Morgan fingerprint density at radius 2 is 1.96 bits per heavy atom. The maximum Gasteiger partial charge on any atom is 0.422 e. The highest BCUT2D eigenvalue weighted by Crippen LogP contribution is 2.35. The van der Waals surface area contributed by atoms with Crippen molar-refractivity contribution in [3.05, 3.63) is 27.8 Å². The molecule has 0 aliphatic heterocycles. The zero-order valence-corrected chi connectivity index (χ0v) is 13.8. The summed E-state index contributed by atoms with van der Waals surface area (Å²) in [6.45, 7) is 3.44. The number of nitro benzene ring substituents is 1. The fourth-order valence-electron chi connectivity index (χ4n) is 1.95. The average molecular weight is 350 g/mol. The van der Waals surface area contributed by atoms with E-state index in [1.807, 2.05) is 0 Å². The summed E-state index contributed by atoms with van der Waals surface area (Å²) in [5.74, 6) is 0.193. The number of benzene rings is 1. The van der Waals surface area contributed by atoms with Gasteiger partial charge < -0.3 is 14.8 Å². The van der Waals surface area contributed by atoms with Gasteiger partial charge in [-0.25, -0.2) is 0 Å². The Hall–Kier alpha value is -2.03. The average Bonchev–Trinajstić information content (AvgIpc) is 2.48. The first-order valence-electron chi connectivity index (χ1n) is 7.39. The minimum absolute atomic E-state index is 0.0190. The van der Waals surface area contributed by atoms with E-state index < -0.39 is 17.7 Å². The number of nitro groups is 1. The van der Waals surface area contributed by atoms with Crippen LogP contribution in [0, 0.1) is 16.0 Å². The molecule has 0 bridgehead atoms. The summed E-state index contributed by atoms with van der Waals surface area (Å²) in [5, 5.41) is 14.2. The summed E-state index contributed by atoms with van der Waals surface area (Å²) < 4.78 is 46.4. The van der Waals surface area contributed by atoms with Gasteiger partial charge in [-0.15, -0.1) is 0 Å².